The minimum absolute atomic E-state index is 0.0233. The molecule has 0 spiro atoms. The van der Waals surface area contributed by atoms with Crippen molar-refractivity contribution >= 4 is 47.6 Å². The molecule has 0 aliphatic heterocycles. The van der Waals surface area contributed by atoms with Gasteiger partial charge in [0.1, 0.15) is 26.8 Å². The first-order valence-electron chi connectivity index (χ1n) is 14.8. The molecule has 252 valence electrons. The number of fused-ring (bicyclic) bond motifs is 2. The lowest BCUT2D eigenvalue weighted by molar-refractivity contribution is 0.295. The second kappa shape index (κ2) is 15.7. The normalized spacial score (nSPS) is 12.5. The summed E-state index contributed by atoms with van der Waals surface area (Å²) in [6, 6.07) is 11.7. The molecule has 1 heterocycles. The van der Waals surface area contributed by atoms with Crippen LogP contribution in [-0.4, -0.2) is 82.8 Å². The fourth-order valence-corrected chi connectivity index (χ4v) is 6.69. The molecule has 0 radical (unpaired) electrons. The van der Waals surface area contributed by atoms with Crippen LogP contribution in [0.1, 0.15) is 39.3 Å². The Labute approximate surface area is 271 Å². The van der Waals surface area contributed by atoms with Gasteiger partial charge in [-0.05, 0) is 58.5 Å². The number of aryl methyl sites for hydroxylation is 1. The summed E-state index contributed by atoms with van der Waals surface area (Å²) < 4.78 is 79.7. The number of anilines is 1. The molecule has 0 aliphatic carbocycles. The Bertz CT molecular complexity index is 1810. The van der Waals surface area contributed by atoms with Gasteiger partial charge in [-0.2, -0.15) is 16.8 Å². The van der Waals surface area contributed by atoms with E-state index >= 15 is 0 Å². The van der Waals surface area contributed by atoms with Crippen molar-refractivity contribution in [2.75, 3.05) is 46.3 Å². The number of methoxy groups -OCH3 is 3. The highest BCUT2D eigenvalue weighted by Crippen LogP contribution is 2.44. The number of rotatable bonds is 13. The number of hydrogen-bond acceptors (Lipinski definition) is 10. The van der Waals surface area contributed by atoms with Crippen molar-refractivity contribution in [2.45, 2.75) is 56.4 Å². The van der Waals surface area contributed by atoms with E-state index in [-0.39, 0.29) is 10.8 Å². The molecule has 46 heavy (non-hydrogen) atoms. The smallest absolute Gasteiger partial charge is 0.295 e. The van der Waals surface area contributed by atoms with Gasteiger partial charge in [0.2, 0.25) is 0 Å². The van der Waals surface area contributed by atoms with E-state index in [0.717, 1.165) is 78.4 Å². The van der Waals surface area contributed by atoms with E-state index in [0.29, 0.717) is 11.8 Å². The lowest BCUT2D eigenvalue weighted by atomic mass is 10.1. The van der Waals surface area contributed by atoms with Crippen LogP contribution in [0.3, 0.4) is 0 Å². The van der Waals surface area contributed by atoms with Crippen molar-refractivity contribution in [1.82, 2.24) is 9.88 Å². The highest BCUT2D eigenvalue weighted by molar-refractivity contribution is 7.86. The molecule has 3 N–H and O–H groups in total. The van der Waals surface area contributed by atoms with Gasteiger partial charge in [0.15, 0.2) is 5.75 Å². The average Bonchev–Trinajstić information content (AvgIpc) is 3.01. The van der Waals surface area contributed by atoms with Gasteiger partial charge in [0, 0.05) is 34.6 Å². The molecule has 4 rings (SSSR count). The Morgan fingerprint density at radius 2 is 1.39 bits per heavy atom. The Balaban J connectivity index is 0.000000275. The number of pyridine rings is 1. The number of ether oxygens (including phenoxy) is 3. The van der Waals surface area contributed by atoms with Crippen molar-refractivity contribution in [3.63, 3.8) is 0 Å². The zero-order valence-electron chi connectivity index (χ0n) is 27.2. The minimum Gasteiger partial charge on any atom is -0.496 e. The summed E-state index contributed by atoms with van der Waals surface area (Å²) in [5, 5.41) is 4.47. The van der Waals surface area contributed by atoms with Crippen molar-refractivity contribution in [1.29, 1.82) is 0 Å². The number of aromatic nitrogens is 1. The number of nitrogens with zero attached hydrogens (tertiary/aromatic N) is 2. The van der Waals surface area contributed by atoms with E-state index in [4.69, 9.17) is 23.3 Å². The van der Waals surface area contributed by atoms with E-state index < -0.39 is 30.0 Å². The Kier molecular flexibility index (Phi) is 12.6. The summed E-state index contributed by atoms with van der Waals surface area (Å²) in [7, 11) is -3.93. The van der Waals surface area contributed by atoms with Crippen molar-refractivity contribution in [3.05, 3.63) is 54.2 Å². The largest absolute Gasteiger partial charge is 0.496 e. The number of nitrogens with one attached hydrogen (secondary N) is 1. The van der Waals surface area contributed by atoms with Gasteiger partial charge in [-0.15, -0.1) is 0 Å². The molecule has 0 saturated carbocycles. The minimum atomic E-state index is -4.47. The lowest BCUT2D eigenvalue weighted by Gasteiger charge is -2.22. The zero-order valence-corrected chi connectivity index (χ0v) is 28.8. The van der Waals surface area contributed by atoms with Crippen LogP contribution in [0.25, 0.3) is 21.7 Å². The molecule has 1 atom stereocenters. The van der Waals surface area contributed by atoms with Gasteiger partial charge in [0.25, 0.3) is 20.2 Å². The topological polar surface area (TPSA) is 165 Å². The summed E-state index contributed by atoms with van der Waals surface area (Å²) in [4.78, 5) is 6.28. The van der Waals surface area contributed by atoms with E-state index in [1.807, 2.05) is 19.1 Å². The molecule has 1 unspecified atom stereocenters. The highest BCUT2D eigenvalue weighted by atomic mass is 32.2. The second-order valence-corrected chi connectivity index (χ2v) is 13.4. The molecule has 0 aliphatic rings. The molecule has 0 fully saturated rings. The molecule has 12 nitrogen and oxygen atoms in total. The average molecular weight is 678 g/mol. The second-order valence-electron chi connectivity index (χ2n) is 10.6. The monoisotopic (exact) mass is 677 g/mol. The summed E-state index contributed by atoms with van der Waals surface area (Å²) in [5.74, 6) is 2.17. The Morgan fingerprint density at radius 3 is 1.85 bits per heavy atom. The van der Waals surface area contributed by atoms with Crippen LogP contribution in [0.5, 0.6) is 17.2 Å². The lowest BCUT2D eigenvalue weighted by Crippen LogP contribution is -2.25. The van der Waals surface area contributed by atoms with Crippen LogP contribution >= 0.6 is 0 Å². The predicted octanol–water partition coefficient (Wildman–Crippen LogP) is 5.82. The van der Waals surface area contributed by atoms with Gasteiger partial charge in [-0.3, -0.25) is 9.11 Å². The van der Waals surface area contributed by atoms with Crippen LogP contribution < -0.4 is 19.5 Å². The first-order valence-corrected chi connectivity index (χ1v) is 17.6. The summed E-state index contributed by atoms with van der Waals surface area (Å²) in [6.45, 7) is 11.9. The molecule has 0 saturated heterocycles. The van der Waals surface area contributed by atoms with Crippen LogP contribution in [0, 0.1) is 6.92 Å². The highest BCUT2D eigenvalue weighted by Gasteiger charge is 2.21. The molecule has 0 amide bonds. The first-order chi connectivity index (χ1) is 21.7. The van der Waals surface area contributed by atoms with Crippen LogP contribution in [0.4, 0.5) is 5.69 Å². The van der Waals surface area contributed by atoms with Gasteiger partial charge in [0.05, 0.1) is 32.4 Å². The molecular weight excluding hydrogens is 634 g/mol. The fourth-order valence-electron chi connectivity index (χ4n) is 5.28. The van der Waals surface area contributed by atoms with Gasteiger partial charge < -0.3 is 24.4 Å². The Morgan fingerprint density at radius 1 is 0.848 bits per heavy atom. The maximum absolute atomic E-state index is 11.2. The third kappa shape index (κ3) is 8.76. The molecule has 14 heteroatoms. The van der Waals surface area contributed by atoms with E-state index in [9.17, 15) is 16.8 Å². The van der Waals surface area contributed by atoms with Crippen molar-refractivity contribution in [2.24, 2.45) is 0 Å². The number of hydrogen-bond donors (Lipinski definition) is 3. The Hall–Kier alpha value is -3.69. The fraction of sp³-hybridized carbons (Fsp3) is 0.406. The summed E-state index contributed by atoms with van der Waals surface area (Å²) >= 11 is 0. The first kappa shape index (κ1) is 36.8. The summed E-state index contributed by atoms with van der Waals surface area (Å²) in [6.07, 6.45) is 2.22. The van der Waals surface area contributed by atoms with Crippen molar-refractivity contribution in [3.8, 4) is 17.2 Å². The third-order valence-corrected chi connectivity index (χ3v) is 9.37. The van der Waals surface area contributed by atoms with E-state index in [1.54, 1.807) is 21.3 Å². The molecule has 0 bridgehead atoms. The molecular formula is C32H43N3O9S2. The number of benzene rings is 3. The van der Waals surface area contributed by atoms with E-state index in [1.165, 1.54) is 24.3 Å². The maximum Gasteiger partial charge on any atom is 0.295 e. The quantitative estimate of drug-likeness (QED) is 0.145. The predicted molar refractivity (Wildman–Crippen MR) is 180 cm³/mol. The molecule has 4 aromatic rings. The third-order valence-electron chi connectivity index (χ3n) is 7.54. The molecule has 1 aromatic heterocycles. The zero-order chi connectivity index (χ0) is 34.2. The van der Waals surface area contributed by atoms with Gasteiger partial charge in [-0.25, -0.2) is 4.98 Å². The van der Waals surface area contributed by atoms with E-state index in [2.05, 4.69) is 36.0 Å². The van der Waals surface area contributed by atoms with Crippen LogP contribution in [-0.2, 0) is 20.2 Å². The van der Waals surface area contributed by atoms with Crippen molar-refractivity contribution < 1.29 is 40.2 Å². The molecule has 3 aromatic carbocycles. The van der Waals surface area contributed by atoms with Gasteiger partial charge >= 0.3 is 0 Å². The maximum atomic E-state index is 11.2. The van der Waals surface area contributed by atoms with Crippen LogP contribution in [0.2, 0.25) is 0 Å². The van der Waals surface area contributed by atoms with Gasteiger partial charge in [-0.1, -0.05) is 38.1 Å². The SMILES string of the molecule is CCN(CC)CCCC(C)Nc1cc(OC)c2nc(C)cc(OC)c2c1OC.O=S(=O)(O)c1cccc2c(S(=O)(=O)O)cccc12. The van der Waals surface area contributed by atoms with Crippen LogP contribution in [0.15, 0.2) is 58.3 Å². The summed E-state index contributed by atoms with van der Waals surface area (Å²) in [5.41, 5.74) is 2.51. The standard InChI is InChI=1S/C22H35N3O3.C10H8O6S2/c1-8-25(9-2)12-10-11-15(3)23-17-14-19(27-6)21-20(22(17)28-7)18(26-5)13-16(4)24-21;11-17(12,13)9-5-1-3-7-8(9)4-2-6-10(7)18(14,15)16/h13-15,23H,8-12H2,1-7H3;1-6H,(H,11,12,13)(H,14,15,16).